The lowest BCUT2D eigenvalue weighted by molar-refractivity contribution is -0.120. The van der Waals surface area contributed by atoms with E-state index in [4.69, 9.17) is 0 Å². The van der Waals surface area contributed by atoms with Crippen LogP contribution in [-0.4, -0.2) is 11.8 Å². The topological polar surface area (TPSA) is 49.4 Å². The van der Waals surface area contributed by atoms with E-state index < -0.39 is 17.6 Å². The summed E-state index contributed by atoms with van der Waals surface area (Å²) in [5.74, 6) is -1.52. The SMILES string of the molecule is Cc1ccc(NC2=C(c3ccccc3)C(=O)N(c3cccc(F)c3)C2=O)c(C)c1. The molecule has 1 heterocycles. The second-order valence-electron chi connectivity index (χ2n) is 6.98. The highest BCUT2D eigenvalue weighted by atomic mass is 19.1. The number of anilines is 2. The van der Waals surface area contributed by atoms with Crippen LogP contribution in [0.5, 0.6) is 0 Å². The van der Waals surface area contributed by atoms with Gasteiger partial charge in [0.2, 0.25) is 0 Å². The molecule has 0 aromatic heterocycles. The highest BCUT2D eigenvalue weighted by Crippen LogP contribution is 2.34. The number of amides is 2. The minimum atomic E-state index is -0.514. The minimum Gasteiger partial charge on any atom is -0.350 e. The molecule has 1 aliphatic heterocycles. The fraction of sp³-hybridized carbons (Fsp3) is 0.0833. The average Bonchev–Trinajstić information content (AvgIpc) is 2.94. The van der Waals surface area contributed by atoms with Crippen LogP contribution in [0.2, 0.25) is 0 Å². The summed E-state index contributed by atoms with van der Waals surface area (Å²) in [4.78, 5) is 27.5. The lowest BCUT2D eigenvalue weighted by atomic mass is 10.0. The first-order valence-corrected chi connectivity index (χ1v) is 9.24. The molecule has 3 aromatic rings. The standard InChI is InChI=1S/C24H19FN2O2/c1-15-11-12-20(16(2)13-15)26-22-21(17-7-4-3-5-8-17)23(28)27(24(22)29)19-10-6-9-18(25)14-19/h3-14,26H,1-2H3. The summed E-state index contributed by atoms with van der Waals surface area (Å²) in [6.45, 7) is 3.92. The fourth-order valence-electron chi connectivity index (χ4n) is 3.46. The molecule has 0 atom stereocenters. The Kier molecular flexibility index (Phi) is 4.72. The van der Waals surface area contributed by atoms with Crippen molar-refractivity contribution in [2.24, 2.45) is 0 Å². The Morgan fingerprint density at radius 1 is 0.828 bits per heavy atom. The Hall–Kier alpha value is -3.73. The summed E-state index contributed by atoms with van der Waals surface area (Å²) >= 11 is 0. The number of benzene rings is 3. The third-order valence-electron chi connectivity index (χ3n) is 4.85. The Bertz CT molecular complexity index is 1150. The van der Waals surface area contributed by atoms with Gasteiger partial charge in [-0.2, -0.15) is 0 Å². The van der Waals surface area contributed by atoms with Gasteiger partial charge < -0.3 is 5.32 Å². The van der Waals surface area contributed by atoms with Crippen LogP contribution >= 0.6 is 0 Å². The van der Waals surface area contributed by atoms with Gasteiger partial charge in [-0.25, -0.2) is 9.29 Å². The van der Waals surface area contributed by atoms with Crippen LogP contribution in [0.15, 0.2) is 78.5 Å². The van der Waals surface area contributed by atoms with E-state index in [1.165, 1.54) is 18.2 Å². The van der Waals surface area contributed by atoms with Crippen molar-refractivity contribution in [3.63, 3.8) is 0 Å². The molecule has 0 spiro atoms. The summed E-state index contributed by atoms with van der Waals surface area (Å²) in [5.41, 5.74) is 4.05. The van der Waals surface area contributed by atoms with Crippen molar-refractivity contribution < 1.29 is 14.0 Å². The molecule has 0 aliphatic carbocycles. The highest BCUT2D eigenvalue weighted by Gasteiger charge is 2.40. The molecule has 4 rings (SSSR count). The van der Waals surface area contributed by atoms with Crippen LogP contribution in [-0.2, 0) is 9.59 Å². The fourth-order valence-corrected chi connectivity index (χ4v) is 3.46. The van der Waals surface area contributed by atoms with Crippen LogP contribution in [0.4, 0.5) is 15.8 Å². The van der Waals surface area contributed by atoms with Crippen LogP contribution < -0.4 is 10.2 Å². The molecule has 3 aromatic carbocycles. The van der Waals surface area contributed by atoms with Gasteiger partial charge in [-0.1, -0.05) is 54.1 Å². The largest absolute Gasteiger partial charge is 0.350 e. The van der Waals surface area contributed by atoms with Gasteiger partial charge in [-0.15, -0.1) is 0 Å². The molecular formula is C24H19FN2O2. The van der Waals surface area contributed by atoms with Crippen molar-refractivity contribution in [1.29, 1.82) is 0 Å². The minimum absolute atomic E-state index is 0.178. The number of aryl methyl sites for hydroxylation is 2. The lowest BCUT2D eigenvalue weighted by Crippen LogP contribution is -2.32. The third-order valence-corrected chi connectivity index (χ3v) is 4.85. The maximum Gasteiger partial charge on any atom is 0.282 e. The van der Waals surface area contributed by atoms with Crippen LogP contribution in [0.25, 0.3) is 5.57 Å². The van der Waals surface area contributed by atoms with Crippen LogP contribution in [0.3, 0.4) is 0 Å². The zero-order chi connectivity index (χ0) is 20.5. The Balaban J connectivity index is 1.84. The monoisotopic (exact) mass is 386 g/mol. The Labute approximate surface area is 168 Å². The molecule has 29 heavy (non-hydrogen) atoms. The van der Waals surface area contributed by atoms with Crippen molar-refractivity contribution in [1.82, 2.24) is 0 Å². The molecule has 4 nitrogen and oxygen atoms in total. The van der Waals surface area contributed by atoms with E-state index in [0.717, 1.165) is 21.7 Å². The number of imide groups is 1. The van der Waals surface area contributed by atoms with Gasteiger partial charge in [-0.05, 0) is 49.2 Å². The summed E-state index contributed by atoms with van der Waals surface area (Å²) in [7, 11) is 0. The van der Waals surface area contributed by atoms with Crippen molar-refractivity contribution in [2.75, 3.05) is 10.2 Å². The van der Waals surface area contributed by atoms with E-state index in [1.54, 1.807) is 30.3 Å². The van der Waals surface area contributed by atoms with Gasteiger partial charge in [0.1, 0.15) is 11.5 Å². The molecule has 0 radical (unpaired) electrons. The Morgan fingerprint density at radius 2 is 1.59 bits per heavy atom. The number of rotatable bonds is 4. The average molecular weight is 386 g/mol. The van der Waals surface area contributed by atoms with Gasteiger partial charge in [0.15, 0.2) is 0 Å². The number of nitrogens with one attached hydrogen (secondary N) is 1. The second-order valence-corrected chi connectivity index (χ2v) is 6.98. The molecule has 1 aliphatic rings. The molecule has 1 N–H and O–H groups in total. The first kappa shape index (κ1) is 18.6. The maximum atomic E-state index is 13.8. The van der Waals surface area contributed by atoms with Crippen LogP contribution in [0.1, 0.15) is 16.7 Å². The molecule has 144 valence electrons. The molecule has 0 saturated carbocycles. The first-order chi connectivity index (χ1) is 14.0. The van der Waals surface area contributed by atoms with Crippen molar-refractivity contribution in [2.45, 2.75) is 13.8 Å². The number of nitrogens with zero attached hydrogens (tertiary/aromatic N) is 1. The number of halogens is 1. The van der Waals surface area contributed by atoms with Gasteiger partial charge in [0.25, 0.3) is 11.8 Å². The quantitative estimate of drug-likeness (QED) is 0.653. The van der Waals surface area contributed by atoms with E-state index >= 15 is 0 Å². The van der Waals surface area contributed by atoms with Crippen molar-refractivity contribution in [3.05, 3.63) is 101 Å². The number of carbonyl (C=O) groups excluding carboxylic acids is 2. The smallest absolute Gasteiger partial charge is 0.282 e. The van der Waals surface area contributed by atoms with Gasteiger partial charge in [0, 0.05) is 5.69 Å². The van der Waals surface area contributed by atoms with Gasteiger partial charge in [-0.3, -0.25) is 9.59 Å². The number of hydrogen-bond acceptors (Lipinski definition) is 3. The normalized spacial score (nSPS) is 14.0. The van der Waals surface area contributed by atoms with Crippen molar-refractivity contribution in [3.8, 4) is 0 Å². The molecule has 0 unspecified atom stereocenters. The van der Waals surface area contributed by atoms with E-state index in [9.17, 15) is 14.0 Å². The van der Waals surface area contributed by atoms with Crippen LogP contribution in [0, 0.1) is 19.7 Å². The molecule has 0 bridgehead atoms. The third kappa shape index (κ3) is 3.43. The summed E-state index contributed by atoms with van der Waals surface area (Å²) in [6.07, 6.45) is 0. The van der Waals surface area contributed by atoms with E-state index in [1.807, 2.05) is 38.1 Å². The summed E-state index contributed by atoms with van der Waals surface area (Å²) in [6, 6.07) is 20.3. The summed E-state index contributed by atoms with van der Waals surface area (Å²) < 4.78 is 13.8. The number of hydrogen-bond donors (Lipinski definition) is 1. The van der Waals surface area contributed by atoms with E-state index in [2.05, 4.69) is 5.32 Å². The molecule has 0 saturated heterocycles. The van der Waals surface area contributed by atoms with E-state index in [0.29, 0.717) is 5.56 Å². The first-order valence-electron chi connectivity index (χ1n) is 9.24. The molecule has 2 amide bonds. The molecular weight excluding hydrogens is 367 g/mol. The van der Waals surface area contributed by atoms with E-state index in [-0.39, 0.29) is 17.0 Å². The zero-order valence-electron chi connectivity index (χ0n) is 16.1. The lowest BCUT2D eigenvalue weighted by Gasteiger charge is -2.16. The number of carbonyl (C=O) groups is 2. The predicted octanol–water partition coefficient (Wildman–Crippen LogP) is 4.84. The maximum absolute atomic E-state index is 13.8. The second kappa shape index (κ2) is 7.36. The zero-order valence-corrected chi connectivity index (χ0v) is 16.1. The van der Waals surface area contributed by atoms with Crippen molar-refractivity contribution >= 4 is 28.8 Å². The van der Waals surface area contributed by atoms with Gasteiger partial charge >= 0.3 is 0 Å². The predicted molar refractivity (Wildman–Crippen MR) is 112 cm³/mol. The molecule has 0 fully saturated rings. The Morgan fingerprint density at radius 3 is 2.28 bits per heavy atom. The van der Waals surface area contributed by atoms with Gasteiger partial charge in [0.05, 0.1) is 11.3 Å². The highest BCUT2D eigenvalue weighted by molar-refractivity contribution is 6.46. The summed E-state index contributed by atoms with van der Waals surface area (Å²) in [5, 5.41) is 3.15. The molecule has 5 heteroatoms.